The fourth-order valence-electron chi connectivity index (χ4n) is 0. The Morgan fingerprint density at radius 2 is 2.25 bits per heavy atom. The molecule has 0 aliphatic heterocycles. The molecule has 0 atom stereocenters. The van der Waals surface area contributed by atoms with Crippen LogP contribution in [0.1, 0.15) is 0 Å². The molecule has 0 spiro atoms. The molecule has 0 rings (SSSR count). The minimum atomic E-state index is 0.681. The van der Waals surface area contributed by atoms with Crippen molar-refractivity contribution in [2.45, 2.75) is 0 Å². The average Bonchev–Trinajstić information content (AvgIpc) is 1.37. The predicted octanol–water partition coefficient (Wildman–Crippen LogP) is -1.53. The first kappa shape index (κ1) is 3.46. The van der Waals surface area contributed by atoms with Crippen LogP contribution in [-0.4, -0.2) is 7.21 Å². The van der Waals surface area contributed by atoms with Gasteiger partial charge in [-0.1, -0.05) is 0 Å². The quantitative estimate of drug-likeness (QED) is 0.270. The molecule has 0 heterocycles. The van der Waals surface area contributed by atoms with E-state index in [1.165, 1.54) is 5.03 Å². The summed E-state index contributed by atoms with van der Waals surface area (Å²) in [6.07, 6.45) is 0. The Morgan fingerprint density at radius 1 is 2.00 bits per heavy atom. The van der Waals surface area contributed by atoms with Crippen LogP contribution < -0.4 is 5.03 Å². The number of rotatable bonds is 1. The van der Waals surface area contributed by atoms with Crippen LogP contribution in [0.4, 0.5) is 0 Å². The van der Waals surface area contributed by atoms with Gasteiger partial charge in [-0.05, 0) is 0 Å². The van der Waals surface area contributed by atoms with Gasteiger partial charge in [-0.3, -0.25) is 0 Å². The summed E-state index contributed by atoms with van der Waals surface area (Å²) in [5.74, 6) is 0. The van der Waals surface area contributed by atoms with Crippen molar-refractivity contribution in [3.05, 3.63) is 5.53 Å². The van der Waals surface area contributed by atoms with E-state index in [0.29, 0.717) is 7.21 Å². The Bertz CT molecular complexity index is 24.3. The van der Waals surface area contributed by atoms with Gasteiger partial charge in [0.2, 0.25) is 0 Å². The minimum absolute atomic E-state index is 0.681. The van der Waals surface area contributed by atoms with Crippen molar-refractivity contribution in [1.29, 1.82) is 5.31 Å². The van der Waals surface area contributed by atoms with E-state index in [2.05, 4.69) is 0 Å². The van der Waals surface area contributed by atoms with Gasteiger partial charge in [-0.25, -0.2) is 0 Å². The van der Waals surface area contributed by atoms with E-state index in [-0.39, 0.29) is 0 Å². The number of nitrogens with one attached hydrogen (secondary N) is 2. The SMILES string of the molecule is [N-]=[NH+]B=N. The Morgan fingerprint density at radius 3 is 2.25 bits per heavy atom. The van der Waals surface area contributed by atoms with Crippen LogP contribution in [0, 0.1) is 5.31 Å². The van der Waals surface area contributed by atoms with Gasteiger partial charge in [0, 0.05) is 0 Å². The van der Waals surface area contributed by atoms with Crippen molar-refractivity contribution in [2.24, 2.45) is 0 Å². The van der Waals surface area contributed by atoms with Crippen LogP contribution in [0.5, 0.6) is 0 Å². The second-order valence-electron chi connectivity index (χ2n) is 0.273. The number of hydrogen-bond acceptors (Lipinski definition) is 1. The summed E-state index contributed by atoms with van der Waals surface area (Å²) < 4.78 is 0. The van der Waals surface area contributed by atoms with Crippen molar-refractivity contribution >= 4 is 7.21 Å². The molecule has 0 radical (unpaired) electrons. The van der Waals surface area contributed by atoms with Crippen molar-refractivity contribution in [2.75, 3.05) is 0 Å². The van der Waals surface area contributed by atoms with E-state index in [0.717, 1.165) is 0 Å². The molecule has 0 bridgehead atoms. The maximum atomic E-state index is 7.38. The molecular formula is H2BN3. The number of hydrogen-bond donors (Lipinski definition) is 2. The van der Waals surface area contributed by atoms with E-state index in [4.69, 9.17) is 10.8 Å². The van der Waals surface area contributed by atoms with Gasteiger partial charge in [0.15, 0.2) is 0 Å². The fraction of sp³-hybridized carbons (Fsp3) is 0. The summed E-state index contributed by atoms with van der Waals surface area (Å²) in [6, 6.07) is 0. The molecule has 4 heavy (non-hydrogen) atoms. The van der Waals surface area contributed by atoms with Crippen molar-refractivity contribution < 1.29 is 5.03 Å². The summed E-state index contributed by atoms with van der Waals surface area (Å²) in [4.78, 5) is 0. The number of nitrogens with zero attached hydrogens (tertiary/aromatic N) is 1. The Kier molecular flexibility index (Phi) is 2.14. The van der Waals surface area contributed by atoms with Gasteiger partial charge >= 0.3 is 23.1 Å². The standard InChI is InChI=1S/BH2N3/c2-1-4-3/h2,4H. The molecule has 0 aliphatic rings. The van der Waals surface area contributed by atoms with Crippen LogP contribution in [0.25, 0.3) is 5.53 Å². The first-order valence-corrected chi connectivity index (χ1v) is 0.801. The summed E-state index contributed by atoms with van der Waals surface area (Å²) in [5.41, 5.74) is 7.38. The van der Waals surface area contributed by atoms with Gasteiger partial charge in [-0.15, -0.1) is 0 Å². The van der Waals surface area contributed by atoms with E-state index in [9.17, 15) is 0 Å². The van der Waals surface area contributed by atoms with Crippen molar-refractivity contribution in [1.82, 2.24) is 0 Å². The maximum absolute atomic E-state index is 7.38. The monoisotopic (exact) mass is 55.0 g/mol. The van der Waals surface area contributed by atoms with Gasteiger partial charge in [0.05, 0.1) is 0 Å². The molecule has 2 N–H and O–H groups in total. The van der Waals surface area contributed by atoms with Gasteiger partial charge in [0.25, 0.3) is 0 Å². The summed E-state index contributed by atoms with van der Waals surface area (Å²) in [7, 11) is 0.681. The summed E-state index contributed by atoms with van der Waals surface area (Å²) in [6.45, 7) is 0. The third kappa shape index (κ3) is 1.46. The topological polar surface area (TPSA) is 60.1 Å². The molecule has 20 valence electrons. The van der Waals surface area contributed by atoms with Crippen LogP contribution in [0.15, 0.2) is 0 Å². The fourth-order valence-corrected chi connectivity index (χ4v) is 0. The molecule has 0 saturated carbocycles. The van der Waals surface area contributed by atoms with Crippen LogP contribution in [0.2, 0.25) is 0 Å². The van der Waals surface area contributed by atoms with E-state index in [1.54, 1.807) is 0 Å². The molecule has 0 aromatic heterocycles. The molecule has 4 heteroatoms. The molecule has 0 unspecified atom stereocenters. The summed E-state index contributed by atoms with van der Waals surface area (Å²) in [5, 5.41) is 7.44. The second-order valence-corrected chi connectivity index (χ2v) is 0.273. The third-order valence-corrected chi connectivity index (χ3v) is 0.0645. The van der Waals surface area contributed by atoms with Crippen LogP contribution >= 0.6 is 0 Å². The van der Waals surface area contributed by atoms with Crippen LogP contribution in [0.3, 0.4) is 0 Å². The van der Waals surface area contributed by atoms with Crippen LogP contribution in [-0.2, 0) is 0 Å². The molecule has 0 aromatic rings. The van der Waals surface area contributed by atoms with Gasteiger partial charge < -0.3 is 0 Å². The Labute approximate surface area is 24.3 Å². The zero-order chi connectivity index (χ0) is 3.41. The third-order valence-electron chi connectivity index (χ3n) is 0.0645. The zero-order valence-electron chi connectivity index (χ0n) is 2.02. The molecular weight excluding hydrogens is 52.8 g/mol. The second kappa shape index (κ2) is 2.46. The molecule has 0 aliphatic carbocycles. The Balaban J connectivity index is 2.73. The van der Waals surface area contributed by atoms with Gasteiger partial charge in [-0.2, -0.15) is 0 Å². The molecule has 3 nitrogen and oxygen atoms in total. The van der Waals surface area contributed by atoms with Gasteiger partial charge in [0.1, 0.15) is 0 Å². The molecule has 0 amide bonds. The molecule has 0 aromatic carbocycles. The van der Waals surface area contributed by atoms with Crippen molar-refractivity contribution in [3.8, 4) is 0 Å². The predicted molar refractivity (Wildman–Crippen MR) is 12.8 cm³/mol. The Hall–Kier alpha value is -0.535. The molecule has 0 fully saturated rings. The molecule has 0 saturated heterocycles. The normalized spacial score (nSPS) is 4.00. The first-order chi connectivity index (χ1) is 1.91. The zero-order valence-corrected chi connectivity index (χ0v) is 2.02. The van der Waals surface area contributed by atoms with Crippen molar-refractivity contribution in [3.63, 3.8) is 0 Å². The van der Waals surface area contributed by atoms with E-state index in [1.807, 2.05) is 0 Å². The average molecular weight is 54.8 g/mol. The van der Waals surface area contributed by atoms with E-state index >= 15 is 0 Å². The summed E-state index contributed by atoms with van der Waals surface area (Å²) >= 11 is 0. The van der Waals surface area contributed by atoms with E-state index < -0.39 is 0 Å². The first-order valence-electron chi connectivity index (χ1n) is 0.801.